The van der Waals surface area contributed by atoms with E-state index in [2.05, 4.69) is 26.2 Å². The highest BCUT2D eigenvalue weighted by atomic mass is 79.9. The standard InChI is InChI=1S/C12H14BrN3O/c1-8-3-2-4-11(16-8)12(14)10(13)5-15-9-6-17-7-9/h2-5,9,14-15H,6-7H2,1H3/b10-5+,14-12?. The van der Waals surface area contributed by atoms with Gasteiger partial charge in [-0.15, -0.1) is 0 Å². The molecule has 0 saturated carbocycles. The zero-order chi connectivity index (χ0) is 12.3. The van der Waals surface area contributed by atoms with Crippen LogP contribution in [0.2, 0.25) is 0 Å². The van der Waals surface area contributed by atoms with Gasteiger partial charge in [-0.3, -0.25) is 10.4 Å². The number of aryl methyl sites for hydroxylation is 1. The number of halogens is 1. The topological polar surface area (TPSA) is 58.0 Å². The maximum Gasteiger partial charge on any atom is 0.0953 e. The first-order valence-corrected chi connectivity index (χ1v) is 6.18. The van der Waals surface area contributed by atoms with Crippen LogP contribution < -0.4 is 5.32 Å². The molecule has 1 aromatic heterocycles. The van der Waals surface area contributed by atoms with Crippen molar-refractivity contribution in [1.82, 2.24) is 10.3 Å². The van der Waals surface area contributed by atoms with Gasteiger partial charge in [0.15, 0.2) is 0 Å². The monoisotopic (exact) mass is 295 g/mol. The molecule has 0 amide bonds. The third-order valence-electron chi connectivity index (χ3n) is 2.47. The SMILES string of the molecule is Cc1cccc(C(=N)/C(Br)=C\NC2COC2)n1. The highest BCUT2D eigenvalue weighted by Gasteiger charge is 2.16. The Kier molecular flexibility index (Phi) is 3.91. The van der Waals surface area contributed by atoms with Crippen molar-refractivity contribution in [2.45, 2.75) is 13.0 Å². The number of allylic oxidation sites excluding steroid dienone is 1. The molecule has 1 aromatic rings. The van der Waals surface area contributed by atoms with E-state index in [4.69, 9.17) is 10.1 Å². The summed E-state index contributed by atoms with van der Waals surface area (Å²) in [5.41, 5.74) is 1.95. The van der Waals surface area contributed by atoms with Crippen LogP contribution in [0.1, 0.15) is 11.4 Å². The van der Waals surface area contributed by atoms with Crippen LogP contribution in [0.25, 0.3) is 0 Å². The number of nitrogens with one attached hydrogen (secondary N) is 2. The zero-order valence-corrected chi connectivity index (χ0v) is 11.1. The van der Waals surface area contributed by atoms with E-state index in [1.807, 2.05) is 25.1 Å². The quantitative estimate of drug-likeness (QED) is 0.835. The van der Waals surface area contributed by atoms with Gasteiger partial charge >= 0.3 is 0 Å². The van der Waals surface area contributed by atoms with Gasteiger partial charge in [0.05, 0.1) is 35.1 Å². The van der Waals surface area contributed by atoms with E-state index in [1.165, 1.54) is 0 Å². The summed E-state index contributed by atoms with van der Waals surface area (Å²) in [6.45, 7) is 3.37. The van der Waals surface area contributed by atoms with Gasteiger partial charge in [-0.25, -0.2) is 0 Å². The summed E-state index contributed by atoms with van der Waals surface area (Å²) in [6.07, 6.45) is 1.79. The Bertz CT molecular complexity index is 455. The van der Waals surface area contributed by atoms with Crippen molar-refractivity contribution in [3.05, 3.63) is 40.3 Å². The van der Waals surface area contributed by atoms with Crippen molar-refractivity contribution in [3.8, 4) is 0 Å². The number of aromatic nitrogens is 1. The van der Waals surface area contributed by atoms with E-state index in [1.54, 1.807) is 6.20 Å². The average Bonchev–Trinajstić information content (AvgIpc) is 2.25. The van der Waals surface area contributed by atoms with Gasteiger partial charge in [0.25, 0.3) is 0 Å². The molecular formula is C12H14BrN3O. The molecule has 0 radical (unpaired) electrons. The van der Waals surface area contributed by atoms with Gasteiger partial charge in [-0.05, 0) is 35.0 Å². The lowest BCUT2D eigenvalue weighted by Crippen LogP contribution is -2.43. The predicted octanol–water partition coefficient (Wildman–Crippen LogP) is 1.98. The molecule has 1 aliphatic heterocycles. The first-order valence-electron chi connectivity index (χ1n) is 5.39. The molecule has 5 heteroatoms. The third kappa shape index (κ3) is 3.14. The molecule has 0 aliphatic carbocycles. The second kappa shape index (κ2) is 5.42. The van der Waals surface area contributed by atoms with Crippen LogP contribution in [0, 0.1) is 12.3 Å². The molecule has 90 valence electrons. The molecule has 0 aromatic carbocycles. The molecular weight excluding hydrogens is 282 g/mol. The molecule has 1 saturated heterocycles. The van der Waals surface area contributed by atoms with E-state index >= 15 is 0 Å². The summed E-state index contributed by atoms with van der Waals surface area (Å²) in [7, 11) is 0. The van der Waals surface area contributed by atoms with Crippen LogP contribution in [0.3, 0.4) is 0 Å². The minimum absolute atomic E-state index is 0.362. The number of pyridine rings is 1. The molecule has 0 bridgehead atoms. The van der Waals surface area contributed by atoms with Crippen molar-refractivity contribution < 1.29 is 4.74 Å². The van der Waals surface area contributed by atoms with Crippen LogP contribution in [-0.4, -0.2) is 30.0 Å². The average molecular weight is 296 g/mol. The largest absolute Gasteiger partial charge is 0.383 e. The molecule has 0 unspecified atom stereocenters. The summed E-state index contributed by atoms with van der Waals surface area (Å²) in [4.78, 5) is 4.31. The number of rotatable bonds is 4. The summed E-state index contributed by atoms with van der Waals surface area (Å²) in [5, 5.41) is 11.2. The van der Waals surface area contributed by atoms with Crippen LogP contribution in [0.15, 0.2) is 28.9 Å². The fourth-order valence-corrected chi connectivity index (χ4v) is 1.74. The fraction of sp³-hybridized carbons (Fsp3) is 0.333. The van der Waals surface area contributed by atoms with Gasteiger partial charge in [-0.1, -0.05) is 6.07 Å². The summed E-state index contributed by atoms with van der Waals surface area (Å²) < 4.78 is 5.75. The molecule has 4 nitrogen and oxygen atoms in total. The lowest BCUT2D eigenvalue weighted by Gasteiger charge is -2.26. The molecule has 2 rings (SSSR count). The van der Waals surface area contributed by atoms with Crippen molar-refractivity contribution in [3.63, 3.8) is 0 Å². The molecule has 1 fully saturated rings. The summed E-state index contributed by atoms with van der Waals surface area (Å²) in [5.74, 6) is 0. The number of hydrogen-bond acceptors (Lipinski definition) is 4. The Morgan fingerprint density at radius 2 is 2.35 bits per heavy atom. The van der Waals surface area contributed by atoms with Crippen molar-refractivity contribution in [2.75, 3.05) is 13.2 Å². The minimum Gasteiger partial charge on any atom is -0.383 e. The van der Waals surface area contributed by atoms with Crippen LogP contribution in [-0.2, 0) is 4.74 Å². The Labute approximate surface area is 109 Å². The highest BCUT2D eigenvalue weighted by Crippen LogP contribution is 2.12. The van der Waals surface area contributed by atoms with Crippen LogP contribution in [0.4, 0.5) is 0 Å². The smallest absolute Gasteiger partial charge is 0.0953 e. The Balaban J connectivity index is 2.03. The van der Waals surface area contributed by atoms with Gasteiger partial charge in [-0.2, -0.15) is 0 Å². The van der Waals surface area contributed by atoms with Crippen LogP contribution >= 0.6 is 15.9 Å². The molecule has 17 heavy (non-hydrogen) atoms. The van der Waals surface area contributed by atoms with Gasteiger partial charge < -0.3 is 10.1 Å². The van der Waals surface area contributed by atoms with Gasteiger partial charge in [0, 0.05) is 11.9 Å². The van der Waals surface area contributed by atoms with Crippen LogP contribution in [0.5, 0.6) is 0 Å². The van der Waals surface area contributed by atoms with Gasteiger partial charge in [0.1, 0.15) is 0 Å². The minimum atomic E-state index is 0.362. The van der Waals surface area contributed by atoms with E-state index in [9.17, 15) is 0 Å². The first kappa shape index (κ1) is 12.3. The molecule has 1 aliphatic rings. The Hall–Kier alpha value is -1.20. The maximum absolute atomic E-state index is 8.00. The number of nitrogens with zero attached hydrogens (tertiary/aromatic N) is 1. The third-order valence-corrected chi connectivity index (χ3v) is 3.09. The van der Waals surface area contributed by atoms with Crippen molar-refractivity contribution in [2.24, 2.45) is 0 Å². The second-order valence-electron chi connectivity index (χ2n) is 3.93. The molecule has 0 atom stereocenters. The van der Waals surface area contributed by atoms with Gasteiger partial charge in [0.2, 0.25) is 0 Å². The van der Waals surface area contributed by atoms with Crippen molar-refractivity contribution >= 4 is 21.6 Å². The molecule has 2 N–H and O–H groups in total. The lowest BCUT2D eigenvalue weighted by molar-refractivity contribution is 0.000765. The number of ether oxygens (including phenoxy) is 1. The van der Waals surface area contributed by atoms with E-state index in [0.717, 1.165) is 18.9 Å². The first-order chi connectivity index (χ1) is 8.16. The van der Waals surface area contributed by atoms with Crippen molar-refractivity contribution in [1.29, 1.82) is 5.41 Å². The number of hydrogen-bond donors (Lipinski definition) is 2. The van der Waals surface area contributed by atoms with E-state index < -0.39 is 0 Å². The fourth-order valence-electron chi connectivity index (χ4n) is 1.40. The zero-order valence-electron chi connectivity index (χ0n) is 9.53. The predicted molar refractivity (Wildman–Crippen MR) is 70.6 cm³/mol. The molecule has 0 spiro atoms. The highest BCUT2D eigenvalue weighted by molar-refractivity contribution is 9.12. The second-order valence-corrected chi connectivity index (χ2v) is 4.79. The molecule has 2 heterocycles. The van der Waals surface area contributed by atoms with E-state index in [0.29, 0.717) is 21.9 Å². The Morgan fingerprint density at radius 1 is 1.59 bits per heavy atom. The van der Waals surface area contributed by atoms with E-state index in [-0.39, 0.29) is 0 Å². The summed E-state index contributed by atoms with van der Waals surface area (Å²) >= 11 is 3.38. The lowest BCUT2D eigenvalue weighted by atomic mass is 10.2. The maximum atomic E-state index is 8.00. The normalized spacial score (nSPS) is 16.5. The summed E-state index contributed by atoms with van der Waals surface area (Å²) in [6, 6.07) is 6.01. The Morgan fingerprint density at radius 3 is 2.94 bits per heavy atom.